The van der Waals surface area contributed by atoms with Gasteiger partial charge in [0.2, 0.25) is 5.28 Å². The molecule has 0 spiro atoms. The normalized spacial score (nSPS) is 10.9. The van der Waals surface area contributed by atoms with Gasteiger partial charge in [-0.15, -0.1) is 0 Å². The Labute approximate surface area is 145 Å². The van der Waals surface area contributed by atoms with Crippen molar-refractivity contribution in [3.63, 3.8) is 0 Å². The first-order valence-corrected chi connectivity index (χ1v) is 7.40. The molecule has 0 N–H and O–H groups in total. The van der Waals surface area contributed by atoms with E-state index in [0.29, 0.717) is 0 Å². The lowest BCUT2D eigenvalue weighted by Crippen LogP contribution is -2.02. The van der Waals surface area contributed by atoms with E-state index in [1.54, 1.807) is 0 Å². The molecule has 1 aromatic heterocycles. The van der Waals surface area contributed by atoms with Crippen LogP contribution in [0.2, 0.25) is 10.3 Å². The fourth-order valence-corrected chi connectivity index (χ4v) is 2.66. The van der Waals surface area contributed by atoms with Crippen LogP contribution in [0.25, 0.3) is 16.9 Å². The van der Waals surface area contributed by atoms with Gasteiger partial charge in [-0.3, -0.25) is 4.57 Å². The number of nitrogens with zero attached hydrogens (tertiary/aromatic N) is 2. The number of methoxy groups -OCH3 is 1. The smallest absolute Gasteiger partial charge is 0.207 e. The molecule has 0 radical (unpaired) electrons. The van der Waals surface area contributed by atoms with E-state index < -0.39 is 17.5 Å². The van der Waals surface area contributed by atoms with Crippen LogP contribution in [-0.2, 0) is 0 Å². The number of halogens is 5. The number of hydrogen-bond donors (Lipinski definition) is 0. The lowest BCUT2D eigenvalue weighted by Gasteiger charge is -2.13. The van der Waals surface area contributed by atoms with Crippen LogP contribution in [0, 0.1) is 17.5 Å². The van der Waals surface area contributed by atoms with Gasteiger partial charge in [-0.25, -0.2) is 18.2 Å². The van der Waals surface area contributed by atoms with Crippen molar-refractivity contribution < 1.29 is 17.9 Å². The van der Waals surface area contributed by atoms with Crippen LogP contribution in [0.5, 0.6) is 5.75 Å². The number of benzene rings is 2. The summed E-state index contributed by atoms with van der Waals surface area (Å²) in [5.74, 6) is -2.58. The predicted octanol–water partition coefficient (Wildman–Crippen LogP) is 5.27. The van der Waals surface area contributed by atoms with Crippen molar-refractivity contribution in [2.75, 3.05) is 7.11 Å². The molecule has 0 saturated heterocycles. The second-order valence-corrected chi connectivity index (χ2v) is 5.53. The third kappa shape index (κ3) is 2.72. The maximum atomic E-state index is 14.5. The highest BCUT2D eigenvalue weighted by atomic mass is 35.5. The van der Waals surface area contributed by atoms with Crippen LogP contribution in [0.4, 0.5) is 13.2 Å². The standard InChI is InChI=1S/C16H9Cl2F3N2O/c1-24-13-5-4-10(19)14(15(13)21)12-7-22-16(18)23(12)8-2-3-9(17)11(20)6-8/h2-7H,1H3. The minimum absolute atomic E-state index is 0.00984. The predicted molar refractivity (Wildman–Crippen MR) is 85.4 cm³/mol. The molecule has 0 aliphatic rings. The van der Waals surface area contributed by atoms with E-state index in [2.05, 4.69) is 4.98 Å². The molecule has 8 heteroatoms. The molecule has 0 fully saturated rings. The Balaban J connectivity index is 2.27. The first-order valence-electron chi connectivity index (χ1n) is 6.65. The van der Waals surface area contributed by atoms with Crippen LogP contribution >= 0.6 is 23.2 Å². The van der Waals surface area contributed by atoms with E-state index in [0.717, 1.165) is 12.1 Å². The van der Waals surface area contributed by atoms with Crippen molar-refractivity contribution in [3.8, 4) is 22.7 Å². The molecule has 24 heavy (non-hydrogen) atoms. The summed E-state index contributed by atoms with van der Waals surface area (Å²) in [5.41, 5.74) is -0.157. The summed E-state index contributed by atoms with van der Waals surface area (Å²) in [6.07, 6.45) is 1.19. The van der Waals surface area contributed by atoms with Gasteiger partial charge in [0.05, 0.1) is 35.3 Å². The van der Waals surface area contributed by atoms with E-state index in [4.69, 9.17) is 27.9 Å². The van der Waals surface area contributed by atoms with E-state index in [1.165, 1.54) is 36.1 Å². The lowest BCUT2D eigenvalue weighted by molar-refractivity contribution is 0.385. The summed E-state index contributed by atoms with van der Waals surface area (Å²) in [6.45, 7) is 0. The highest BCUT2D eigenvalue weighted by Crippen LogP contribution is 2.35. The SMILES string of the molecule is COc1ccc(F)c(-c2cnc(Cl)n2-c2ccc(Cl)c(F)c2)c1F. The summed E-state index contributed by atoms with van der Waals surface area (Å²) in [4.78, 5) is 3.86. The van der Waals surface area contributed by atoms with Gasteiger partial charge in [0, 0.05) is 0 Å². The summed E-state index contributed by atoms with van der Waals surface area (Å²) < 4.78 is 48.6. The van der Waals surface area contributed by atoms with Crippen molar-refractivity contribution in [1.29, 1.82) is 0 Å². The van der Waals surface area contributed by atoms with Crippen LogP contribution in [-0.4, -0.2) is 16.7 Å². The fourth-order valence-electron chi connectivity index (χ4n) is 2.30. The average Bonchev–Trinajstić information content (AvgIpc) is 2.92. The third-order valence-electron chi connectivity index (χ3n) is 3.41. The van der Waals surface area contributed by atoms with Gasteiger partial charge in [0.25, 0.3) is 0 Å². The topological polar surface area (TPSA) is 27.1 Å². The molecule has 1 heterocycles. The largest absolute Gasteiger partial charge is 0.494 e. The first-order chi connectivity index (χ1) is 11.4. The molecule has 124 valence electrons. The Bertz CT molecular complexity index is 928. The third-order valence-corrected chi connectivity index (χ3v) is 3.99. The zero-order chi connectivity index (χ0) is 17.4. The van der Waals surface area contributed by atoms with E-state index in [9.17, 15) is 13.2 Å². The zero-order valence-corrected chi connectivity index (χ0v) is 13.7. The summed E-state index contributed by atoms with van der Waals surface area (Å²) in [7, 11) is 1.26. The lowest BCUT2D eigenvalue weighted by atomic mass is 10.1. The number of rotatable bonds is 3. The molecule has 0 bridgehead atoms. The maximum absolute atomic E-state index is 14.5. The molecule has 0 aliphatic heterocycles. The van der Waals surface area contributed by atoms with Gasteiger partial charge < -0.3 is 4.74 Å². The van der Waals surface area contributed by atoms with Gasteiger partial charge in [-0.2, -0.15) is 0 Å². The van der Waals surface area contributed by atoms with Crippen molar-refractivity contribution in [2.24, 2.45) is 0 Å². The van der Waals surface area contributed by atoms with E-state index >= 15 is 0 Å². The molecule has 0 saturated carbocycles. The van der Waals surface area contributed by atoms with Gasteiger partial charge in [0.15, 0.2) is 11.6 Å². The van der Waals surface area contributed by atoms with E-state index in [-0.39, 0.29) is 33.0 Å². The highest BCUT2D eigenvalue weighted by molar-refractivity contribution is 6.30. The highest BCUT2D eigenvalue weighted by Gasteiger charge is 2.22. The van der Waals surface area contributed by atoms with Crippen molar-refractivity contribution in [3.05, 3.63) is 64.3 Å². The summed E-state index contributed by atoms with van der Waals surface area (Å²) in [6, 6.07) is 6.09. The Morgan fingerprint density at radius 1 is 1.04 bits per heavy atom. The molecular formula is C16H9Cl2F3N2O. The van der Waals surface area contributed by atoms with Crippen molar-refractivity contribution in [1.82, 2.24) is 9.55 Å². The minimum Gasteiger partial charge on any atom is -0.494 e. The van der Waals surface area contributed by atoms with Crippen LogP contribution in [0.1, 0.15) is 0 Å². The molecule has 3 aromatic rings. The first kappa shape index (κ1) is 16.7. The zero-order valence-electron chi connectivity index (χ0n) is 12.2. The molecule has 0 unspecified atom stereocenters. The van der Waals surface area contributed by atoms with Crippen molar-refractivity contribution >= 4 is 23.2 Å². The Kier molecular flexibility index (Phi) is 4.43. The second kappa shape index (κ2) is 6.37. The maximum Gasteiger partial charge on any atom is 0.207 e. The van der Waals surface area contributed by atoms with Crippen molar-refractivity contribution in [2.45, 2.75) is 0 Å². The summed E-state index contributed by atoms with van der Waals surface area (Å²) >= 11 is 11.7. The average molecular weight is 373 g/mol. The Morgan fingerprint density at radius 3 is 2.46 bits per heavy atom. The molecule has 3 rings (SSSR count). The molecular weight excluding hydrogens is 364 g/mol. The Hall–Kier alpha value is -2.18. The van der Waals surface area contributed by atoms with Gasteiger partial charge in [0.1, 0.15) is 11.6 Å². The van der Waals surface area contributed by atoms with Crippen LogP contribution in [0.15, 0.2) is 36.5 Å². The number of aromatic nitrogens is 2. The van der Waals surface area contributed by atoms with E-state index in [1.807, 2.05) is 0 Å². The van der Waals surface area contributed by atoms with Gasteiger partial charge >= 0.3 is 0 Å². The summed E-state index contributed by atoms with van der Waals surface area (Å²) in [5, 5.41) is -0.177. The monoisotopic (exact) mass is 372 g/mol. The van der Waals surface area contributed by atoms with Gasteiger partial charge in [-0.05, 0) is 41.9 Å². The fraction of sp³-hybridized carbons (Fsp3) is 0.0625. The minimum atomic E-state index is -0.912. The molecule has 0 amide bonds. The number of imidazole rings is 1. The quantitative estimate of drug-likeness (QED) is 0.625. The Morgan fingerprint density at radius 2 is 1.79 bits per heavy atom. The second-order valence-electron chi connectivity index (χ2n) is 4.78. The number of hydrogen-bond acceptors (Lipinski definition) is 2. The van der Waals surface area contributed by atoms with Gasteiger partial charge in [-0.1, -0.05) is 11.6 Å². The molecule has 2 aromatic carbocycles. The number of ether oxygens (including phenoxy) is 1. The molecule has 0 atom stereocenters. The molecule has 3 nitrogen and oxygen atoms in total. The van der Waals surface area contributed by atoms with Crippen LogP contribution < -0.4 is 4.74 Å². The molecule has 0 aliphatic carbocycles. The van der Waals surface area contributed by atoms with Crippen LogP contribution in [0.3, 0.4) is 0 Å².